The number of aliphatic carboxylic acids is 1. The van der Waals surface area contributed by atoms with Crippen molar-refractivity contribution in [2.45, 2.75) is 52.5 Å². The lowest BCUT2D eigenvalue weighted by molar-refractivity contribution is -0.137. The highest BCUT2D eigenvalue weighted by atomic mass is 16.5. The van der Waals surface area contributed by atoms with Crippen molar-refractivity contribution >= 4 is 5.97 Å². The van der Waals surface area contributed by atoms with Crippen LogP contribution in [0.2, 0.25) is 0 Å². The molecule has 108 valence electrons. The Labute approximate surface area is 114 Å². The smallest absolute Gasteiger partial charge is 0.303 e. The van der Waals surface area contributed by atoms with Gasteiger partial charge in [0.2, 0.25) is 0 Å². The van der Waals surface area contributed by atoms with Gasteiger partial charge in [0.15, 0.2) is 0 Å². The number of hydrogen-bond acceptors (Lipinski definition) is 3. The number of rotatable bonds is 7. The molecule has 0 aliphatic carbocycles. The Morgan fingerprint density at radius 1 is 1.42 bits per heavy atom. The lowest BCUT2D eigenvalue weighted by Crippen LogP contribution is -2.20. The maximum absolute atomic E-state index is 10.3. The molecule has 0 atom stereocenters. The van der Waals surface area contributed by atoms with Crippen LogP contribution in [-0.4, -0.2) is 34.1 Å². The van der Waals surface area contributed by atoms with E-state index in [-0.39, 0.29) is 11.8 Å². The van der Waals surface area contributed by atoms with E-state index in [2.05, 4.69) is 31.9 Å². The average molecular weight is 268 g/mol. The molecule has 1 heterocycles. The van der Waals surface area contributed by atoms with Gasteiger partial charge >= 0.3 is 5.97 Å². The molecule has 0 saturated heterocycles. The summed E-state index contributed by atoms with van der Waals surface area (Å²) in [6, 6.07) is 2.10. The Hall–Kier alpha value is -1.36. The van der Waals surface area contributed by atoms with Crippen LogP contribution in [0.5, 0.6) is 0 Å². The van der Waals surface area contributed by atoms with Gasteiger partial charge in [-0.05, 0) is 19.4 Å². The molecule has 0 amide bonds. The highest BCUT2D eigenvalue weighted by Gasteiger charge is 2.19. The third-order valence-electron chi connectivity index (χ3n) is 2.80. The van der Waals surface area contributed by atoms with E-state index in [1.165, 1.54) is 5.69 Å². The molecule has 5 nitrogen and oxygen atoms in total. The minimum atomic E-state index is -0.777. The molecular weight excluding hydrogens is 244 g/mol. The van der Waals surface area contributed by atoms with Crippen molar-refractivity contribution in [3.05, 3.63) is 17.5 Å². The summed E-state index contributed by atoms with van der Waals surface area (Å²) in [5, 5.41) is 13.0. The molecule has 1 N–H and O–H groups in total. The quantitative estimate of drug-likeness (QED) is 0.771. The van der Waals surface area contributed by atoms with E-state index in [1.807, 2.05) is 11.6 Å². The first-order valence-corrected chi connectivity index (χ1v) is 6.65. The number of aryl methyl sites for hydroxylation is 1. The summed E-state index contributed by atoms with van der Waals surface area (Å²) in [5.41, 5.74) is 2.26. The van der Waals surface area contributed by atoms with Crippen molar-refractivity contribution in [2.75, 3.05) is 13.2 Å². The van der Waals surface area contributed by atoms with Gasteiger partial charge in [-0.3, -0.25) is 9.48 Å². The van der Waals surface area contributed by atoms with Gasteiger partial charge in [-0.15, -0.1) is 0 Å². The molecule has 1 aromatic heterocycles. The zero-order valence-corrected chi connectivity index (χ0v) is 12.3. The van der Waals surface area contributed by atoms with Gasteiger partial charge in [0.1, 0.15) is 0 Å². The highest BCUT2D eigenvalue weighted by Crippen LogP contribution is 2.22. The van der Waals surface area contributed by atoms with Gasteiger partial charge in [0.25, 0.3) is 0 Å². The van der Waals surface area contributed by atoms with Crippen LogP contribution in [-0.2, 0) is 21.5 Å². The number of carboxylic acid groups (broad SMARTS) is 1. The summed E-state index contributed by atoms with van der Waals surface area (Å²) >= 11 is 0. The first-order chi connectivity index (χ1) is 8.80. The first kappa shape index (κ1) is 15.7. The van der Waals surface area contributed by atoms with Crippen molar-refractivity contribution in [3.63, 3.8) is 0 Å². The molecule has 1 rings (SSSR count). The molecule has 0 aliphatic heterocycles. The molecule has 0 saturated carbocycles. The fraction of sp³-hybridized carbons (Fsp3) is 0.714. The lowest BCUT2D eigenvalue weighted by atomic mass is 9.92. The van der Waals surface area contributed by atoms with Crippen LogP contribution < -0.4 is 0 Å². The van der Waals surface area contributed by atoms with Gasteiger partial charge in [-0.1, -0.05) is 20.8 Å². The van der Waals surface area contributed by atoms with Crippen molar-refractivity contribution in [3.8, 4) is 0 Å². The Bertz CT molecular complexity index is 419. The Kier molecular flexibility index (Phi) is 5.54. The van der Waals surface area contributed by atoms with Crippen molar-refractivity contribution < 1.29 is 14.6 Å². The first-order valence-electron chi connectivity index (χ1n) is 6.65. The van der Waals surface area contributed by atoms with Gasteiger partial charge in [0.05, 0.1) is 18.8 Å². The van der Waals surface area contributed by atoms with Crippen molar-refractivity contribution in [1.82, 2.24) is 9.78 Å². The molecule has 1 aromatic rings. The Balaban J connectivity index is 2.39. The number of nitrogens with zero attached hydrogens (tertiary/aromatic N) is 2. The normalized spacial score (nSPS) is 11.8. The van der Waals surface area contributed by atoms with Gasteiger partial charge in [0, 0.05) is 24.1 Å². The summed E-state index contributed by atoms with van der Waals surface area (Å²) in [7, 11) is 0. The number of carboxylic acids is 1. The minimum Gasteiger partial charge on any atom is -0.481 e. The summed E-state index contributed by atoms with van der Waals surface area (Å²) in [6.45, 7) is 10.2. The number of carbonyl (C=O) groups is 1. The molecule has 0 unspecified atom stereocenters. The van der Waals surface area contributed by atoms with Crippen molar-refractivity contribution in [2.24, 2.45) is 0 Å². The van der Waals surface area contributed by atoms with E-state index < -0.39 is 5.97 Å². The number of hydrogen-bond donors (Lipinski definition) is 1. The van der Waals surface area contributed by atoms with E-state index in [0.717, 1.165) is 5.69 Å². The van der Waals surface area contributed by atoms with Crippen LogP contribution in [0.25, 0.3) is 0 Å². The average Bonchev–Trinajstić information content (AvgIpc) is 2.64. The fourth-order valence-electron chi connectivity index (χ4n) is 1.90. The topological polar surface area (TPSA) is 64.3 Å². The molecule has 5 heteroatoms. The Morgan fingerprint density at radius 3 is 2.68 bits per heavy atom. The lowest BCUT2D eigenvalue weighted by Gasteiger charge is -2.20. The SMILES string of the molecule is Cc1cc(C(C)(C)C)n(CCOCCCC(=O)O)n1. The summed E-state index contributed by atoms with van der Waals surface area (Å²) in [5.74, 6) is -0.777. The largest absolute Gasteiger partial charge is 0.481 e. The zero-order valence-electron chi connectivity index (χ0n) is 12.3. The molecule has 0 spiro atoms. The standard InChI is InChI=1S/C14H24N2O3/c1-11-10-12(14(2,3)4)16(15-11)7-9-19-8-5-6-13(17)18/h10H,5-9H2,1-4H3,(H,17,18). The molecule has 0 aromatic carbocycles. The minimum absolute atomic E-state index is 0.0601. The highest BCUT2D eigenvalue weighted by molar-refractivity contribution is 5.66. The van der Waals surface area contributed by atoms with E-state index in [1.54, 1.807) is 0 Å². The van der Waals surface area contributed by atoms with Crippen LogP contribution in [0.1, 0.15) is 45.0 Å². The molecular formula is C14H24N2O3. The van der Waals surface area contributed by atoms with Crippen LogP contribution in [0.3, 0.4) is 0 Å². The van der Waals surface area contributed by atoms with E-state index in [0.29, 0.717) is 26.2 Å². The number of ether oxygens (including phenoxy) is 1. The number of aromatic nitrogens is 2. The van der Waals surface area contributed by atoms with E-state index in [4.69, 9.17) is 9.84 Å². The second-order valence-corrected chi connectivity index (χ2v) is 5.75. The van der Waals surface area contributed by atoms with Gasteiger partial charge < -0.3 is 9.84 Å². The third kappa shape index (κ3) is 5.42. The fourth-order valence-corrected chi connectivity index (χ4v) is 1.90. The van der Waals surface area contributed by atoms with Crippen LogP contribution >= 0.6 is 0 Å². The predicted octanol–water partition coefficient (Wildman–Crippen LogP) is 2.37. The molecule has 0 fully saturated rings. The summed E-state index contributed by atoms with van der Waals surface area (Å²) in [4.78, 5) is 10.3. The third-order valence-corrected chi connectivity index (χ3v) is 2.80. The molecule has 0 aliphatic rings. The van der Waals surface area contributed by atoms with E-state index in [9.17, 15) is 4.79 Å². The van der Waals surface area contributed by atoms with Gasteiger partial charge in [-0.2, -0.15) is 5.10 Å². The predicted molar refractivity (Wildman–Crippen MR) is 73.4 cm³/mol. The Morgan fingerprint density at radius 2 is 2.11 bits per heavy atom. The molecule has 0 radical (unpaired) electrons. The molecule has 0 bridgehead atoms. The van der Waals surface area contributed by atoms with E-state index >= 15 is 0 Å². The van der Waals surface area contributed by atoms with Gasteiger partial charge in [-0.25, -0.2) is 0 Å². The van der Waals surface area contributed by atoms with Crippen LogP contribution in [0.4, 0.5) is 0 Å². The van der Waals surface area contributed by atoms with Crippen LogP contribution in [0.15, 0.2) is 6.07 Å². The second-order valence-electron chi connectivity index (χ2n) is 5.75. The summed E-state index contributed by atoms with van der Waals surface area (Å²) < 4.78 is 7.42. The maximum atomic E-state index is 10.3. The summed E-state index contributed by atoms with van der Waals surface area (Å²) in [6.07, 6.45) is 0.716. The molecule has 19 heavy (non-hydrogen) atoms. The monoisotopic (exact) mass is 268 g/mol. The zero-order chi connectivity index (χ0) is 14.5. The maximum Gasteiger partial charge on any atom is 0.303 e. The van der Waals surface area contributed by atoms with Crippen LogP contribution in [0, 0.1) is 6.92 Å². The second kappa shape index (κ2) is 6.70. The van der Waals surface area contributed by atoms with Crippen molar-refractivity contribution in [1.29, 1.82) is 0 Å².